The zero-order valence-corrected chi connectivity index (χ0v) is 24.4. The molecule has 3 heterocycles. The van der Waals surface area contributed by atoms with E-state index in [0.29, 0.717) is 17.5 Å². The zero-order valence-electron chi connectivity index (χ0n) is 24.4. The highest BCUT2D eigenvalue weighted by Gasteiger charge is 2.19. The Labute approximate surface area is 262 Å². The van der Waals surface area contributed by atoms with Gasteiger partial charge in [0.15, 0.2) is 17.5 Å². The molecule has 0 atom stereocenters. The largest absolute Gasteiger partial charge is 0.456 e. The molecule has 0 fully saturated rings. The maximum Gasteiger partial charge on any atom is 0.164 e. The summed E-state index contributed by atoms with van der Waals surface area (Å²) in [5, 5.41) is 8.90. The molecule has 7 aromatic carbocycles. The average molecular weight is 590 g/mol. The lowest BCUT2D eigenvalue weighted by molar-refractivity contribution is 0.668. The van der Waals surface area contributed by atoms with Crippen molar-refractivity contribution in [1.82, 2.24) is 15.0 Å². The lowest BCUT2D eigenvalue weighted by atomic mass is 9.97. The Morgan fingerprint density at radius 3 is 1.87 bits per heavy atom. The molecule has 3 aromatic heterocycles. The number of hydrogen-bond donors (Lipinski definition) is 0. The summed E-state index contributed by atoms with van der Waals surface area (Å²) in [4.78, 5) is 15.2. The van der Waals surface area contributed by atoms with Gasteiger partial charge in [0.1, 0.15) is 22.3 Å². The van der Waals surface area contributed by atoms with E-state index in [-0.39, 0.29) is 0 Å². The summed E-state index contributed by atoms with van der Waals surface area (Å²) in [6.07, 6.45) is 0. The summed E-state index contributed by atoms with van der Waals surface area (Å²) >= 11 is 0. The SMILES string of the molecule is c1ccc(-c2nc(-c3ccc4oc5ccc6ccc7ccccc7c6c5c4c3)nc(-c3cccc4oc5ccccc5c34)n2)cc1. The lowest BCUT2D eigenvalue weighted by Gasteiger charge is -2.09. The van der Waals surface area contributed by atoms with Crippen LogP contribution in [0.15, 0.2) is 148 Å². The Kier molecular flexibility index (Phi) is 5.22. The monoisotopic (exact) mass is 589 g/mol. The first-order chi connectivity index (χ1) is 22.8. The van der Waals surface area contributed by atoms with Gasteiger partial charge in [0.2, 0.25) is 0 Å². The molecule has 0 bridgehead atoms. The van der Waals surface area contributed by atoms with Crippen molar-refractivity contribution in [1.29, 1.82) is 0 Å². The molecule has 5 nitrogen and oxygen atoms in total. The van der Waals surface area contributed by atoms with Gasteiger partial charge in [-0.3, -0.25) is 0 Å². The van der Waals surface area contributed by atoms with Crippen molar-refractivity contribution in [3.63, 3.8) is 0 Å². The van der Waals surface area contributed by atoms with Gasteiger partial charge in [-0.2, -0.15) is 0 Å². The van der Waals surface area contributed by atoms with E-state index in [2.05, 4.69) is 66.7 Å². The fraction of sp³-hybridized carbons (Fsp3) is 0. The fourth-order valence-corrected chi connectivity index (χ4v) is 6.81. The maximum atomic E-state index is 6.40. The molecule has 0 aliphatic rings. The summed E-state index contributed by atoms with van der Waals surface area (Å²) in [5.41, 5.74) is 6.02. The van der Waals surface area contributed by atoms with Crippen LogP contribution in [0.4, 0.5) is 0 Å². The van der Waals surface area contributed by atoms with Crippen LogP contribution in [-0.2, 0) is 0 Å². The van der Waals surface area contributed by atoms with Crippen LogP contribution >= 0.6 is 0 Å². The predicted molar refractivity (Wildman–Crippen MR) is 186 cm³/mol. The van der Waals surface area contributed by atoms with Gasteiger partial charge in [-0.1, -0.05) is 103 Å². The number of rotatable bonds is 3. The Morgan fingerprint density at radius 1 is 0.348 bits per heavy atom. The maximum absolute atomic E-state index is 6.40. The first kappa shape index (κ1) is 25.0. The number of benzene rings is 7. The molecular weight excluding hydrogens is 566 g/mol. The Balaban J connectivity index is 1.26. The van der Waals surface area contributed by atoms with Crippen molar-refractivity contribution in [3.05, 3.63) is 140 Å². The second-order valence-electron chi connectivity index (χ2n) is 11.6. The van der Waals surface area contributed by atoms with Gasteiger partial charge in [-0.15, -0.1) is 0 Å². The van der Waals surface area contributed by atoms with E-state index in [4.69, 9.17) is 23.8 Å². The van der Waals surface area contributed by atoms with Crippen molar-refractivity contribution < 1.29 is 8.83 Å². The molecular formula is C41H23N3O2. The minimum absolute atomic E-state index is 0.592. The highest BCUT2D eigenvalue weighted by Crippen LogP contribution is 2.40. The number of fused-ring (bicyclic) bond motifs is 10. The molecule has 0 saturated carbocycles. The number of para-hydroxylation sites is 1. The third kappa shape index (κ3) is 3.72. The first-order valence-electron chi connectivity index (χ1n) is 15.3. The van der Waals surface area contributed by atoms with Gasteiger partial charge in [-0.05, 0) is 52.6 Å². The Bertz CT molecular complexity index is 2810. The first-order valence-corrected chi connectivity index (χ1v) is 15.3. The van der Waals surface area contributed by atoms with Gasteiger partial charge in [0, 0.05) is 43.6 Å². The molecule has 214 valence electrons. The topological polar surface area (TPSA) is 65.0 Å². The molecule has 0 saturated heterocycles. The molecule has 5 heteroatoms. The highest BCUT2D eigenvalue weighted by molar-refractivity contribution is 6.26. The van der Waals surface area contributed by atoms with E-state index in [1.807, 2.05) is 72.8 Å². The van der Waals surface area contributed by atoms with Gasteiger partial charge in [0.05, 0.1) is 0 Å². The molecule has 10 aromatic rings. The zero-order chi connectivity index (χ0) is 30.2. The molecule has 10 rings (SSSR count). The molecule has 0 spiro atoms. The van der Waals surface area contributed by atoms with Crippen molar-refractivity contribution in [2.75, 3.05) is 0 Å². The summed E-state index contributed by atoms with van der Waals surface area (Å²) in [6.45, 7) is 0. The number of nitrogens with zero attached hydrogens (tertiary/aromatic N) is 3. The number of furan rings is 2. The summed E-state index contributed by atoms with van der Waals surface area (Å²) in [6, 6.07) is 47.5. The summed E-state index contributed by atoms with van der Waals surface area (Å²) < 4.78 is 12.6. The van der Waals surface area contributed by atoms with Crippen molar-refractivity contribution >= 4 is 65.4 Å². The second kappa shape index (κ2) is 9.58. The van der Waals surface area contributed by atoms with Crippen LogP contribution in [0.2, 0.25) is 0 Å². The van der Waals surface area contributed by atoms with Crippen LogP contribution in [0.1, 0.15) is 0 Å². The van der Waals surface area contributed by atoms with E-state index in [1.54, 1.807) is 0 Å². The molecule has 0 aliphatic heterocycles. The molecule has 46 heavy (non-hydrogen) atoms. The molecule has 0 unspecified atom stereocenters. The van der Waals surface area contributed by atoms with E-state index >= 15 is 0 Å². The van der Waals surface area contributed by atoms with Gasteiger partial charge in [-0.25, -0.2) is 15.0 Å². The quantitative estimate of drug-likeness (QED) is 0.192. The highest BCUT2D eigenvalue weighted by atomic mass is 16.3. The predicted octanol–water partition coefficient (Wildman–Crippen LogP) is 11.0. The number of hydrogen-bond acceptors (Lipinski definition) is 5. The van der Waals surface area contributed by atoms with Crippen LogP contribution in [0.3, 0.4) is 0 Å². The standard InChI is InChI=1S/C41H23N3O2/c1-2-10-26(11-3-1)39-42-40(44-41(43-39)30-14-8-16-34-37(30)29-13-6-7-15-32(29)45-34)27-20-21-33-31(23-27)38-35(46-33)22-19-25-18-17-24-9-4-5-12-28(24)36(25)38/h1-23H. The van der Waals surface area contributed by atoms with E-state index in [1.165, 1.54) is 21.5 Å². The third-order valence-electron chi connectivity index (χ3n) is 8.91. The Morgan fingerprint density at radius 2 is 0.978 bits per heavy atom. The Hall–Kier alpha value is -6.33. The minimum atomic E-state index is 0.592. The van der Waals surface area contributed by atoms with E-state index < -0.39 is 0 Å². The minimum Gasteiger partial charge on any atom is -0.456 e. The summed E-state index contributed by atoms with van der Waals surface area (Å²) in [5.74, 6) is 1.79. The van der Waals surface area contributed by atoms with Gasteiger partial charge >= 0.3 is 0 Å². The molecule has 0 N–H and O–H groups in total. The lowest BCUT2D eigenvalue weighted by Crippen LogP contribution is -2.00. The third-order valence-corrected chi connectivity index (χ3v) is 8.91. The molecule has 0 amide bonds. The second-order valence-corrected chi connectivity index (χ2v) is 11.6. The fourth-order valence-electron chi connectivity index (χ4n) is 6.81. The van der Waals surface area contributed by atoms with Crippen LogP contribution < -0.4 is 0 Å². The van der Waals surface area contributed by atoms with Crippen molar-refractivity contribution in [2.45, 2.75) is 0 Å². The van der Waals surface area contributed by atoms with Crippen LogP contribution in [0.25, 0.3) is 99.6 Å². The van der Waals surface area contributed by atoms with Crippen molar-refractivity contribution in [3.8, 4) is 34.2 Å². The van der Waals surface area contributed by atoms with Crippen LogP contribution in [0, 0.1) is 0 Å². The van der Waals surface area contributed by atoms with E-state index in [0.717, 1.165) is 60.6 Å². The van der Waals surface area contributed by atoms with Gasteiger partial charge < -0.3 is 8.83 Å². The van der Waals surface area contributed by atoms with Gasteiger partial charge in [0.25, 0.3) is 0 Å². The van der Waals surface area contributed by atoms with Crippen LogP contribution in [0.5, 0.6) is 0 Å². The molecule has 0 aliphatic carbocycles. The van der Waals surface area contributed by atoms with E-state index in [9.17, 15) is 0 Å². The molecule has 0 radical (unpaired) electrons. The van der Waals surface area contributed by atoms with Crippen LogP contribution in [-0.4, -0.2) is 15.0 Å². The smallest absolute Gasteiger partial charge is 0.164 e. The normalized spacial score (nSPS) is 11.9. The van der Waals surface area contributed by atoms with Crippen molar-refractivity contribution in [2.24, 2.45) is 0 Å². The number of aromatic nitrogens is 3. The summed E-state index contributed by atoms with van der Waals surface area (Å²) in [7, 11) is 0. The average Bonchev–Trinajstić information content (AvgIpc) is 3.70.